The molecule has 0 spiro atoms. The summed E-state index contributed by atoms with van der Waals surface area (Å²) in [5.41, 5.74) is 2.66. The molecule has 0 saturated carbocycles. The second-order valence-corrected chi connectivity index (χ2v) is 8.67. The fourth-order valence-electron chi connectivity index (χ4n) is 2.61. The molecule has 0 saturated heterocycles. The minimum atomic E-state index is -0.713. The van der Waals surface area contributed by atoms with Gasteiger partial charge in [0.25, 0.3) is 0 Å². The van der Waals surface area contributed by atoms with Crippen molar-refractivity contribution < 1.29 is 9.53 Å². The van der Waals surface area contributed by atoms with Crippen LogP contribution in [0.2, 0.25) is 0 Å². The van der Waals surface area contributed by atoms with E-state index in [9.17, 15) is 4.79 Å². The van der Waals surface area contributed by atoms with Gasteiger partial charge in [-0.05, 0) is 56.1 Å². The number of hydrogen-bond donors (Lipinski definition) is 0. The molecule has 0 N–H and O–H groups in total. The largest absolute Gasteiger partial charge is 0.465 e. The van der Waals surface area contributed by atoms with Gasteiger partial charge in [0, 0.05) is 22.0 Å². The van der Waals surface area contributed by atoms with Crippen LogP contribution in [0.5, 0.6) is 0 Å². The van der Waals surface area contributed by atoms with Crippen LogP contribution in [0, 0.1) is 11.3 Å². The Hall–Kier alpha value is -2.36. The number of nitriles is 1. The predicted molar refractivity (Wildman–Crippen MR) is 106 cm³/mol. The average Bonchev–Trinajstić information content (AvgIpc) is 3.10. The summed E-state index contributed by atoms with van der Waals surface area (Å²) in [5, 5.41) is 10.1. The van der Waals surface area contributed by atoms with Crippen molar-refractivity contribution in [3.05, 3.63) is 48.2 Å². The van der Waals surface area contributed by atoms with Gasteiger partial charge in [0.15, 0.2) is 0 Å². The molecule has 0 bridgehead atoms. The Bertz CT molecular complexity index is 985. The third-order valence-electron chi connectivity index (χ3n) is 3.92. The standard InChI is InChI=1S/C20H18N2O2S2/c1-4-24-19(23)20(2,3)25-16-10-9-15-12-22-26-18(15)17(16)14-7-5-13(11-21)6-8-14/h5-10,12H,4H2,1-3H3. The van der Waals surface area contributed by atoms with Crippen LogP contribution in [-0.4, -0.2) is 21.7 Å². The van der Waals surface area contributed by atoms with Gasteiger partial charge in [-0.15, -0.1) is 11.8 Å². The fourth-order valence-corrected chi connectivity index (χ4v) is 4.64. The Labute approximate surface area is 161 Å². The molecule has 6 heteroatoms. The zero-order valence-electron chi connectivity index (χ0n) is 14.8. The molecule has 1 aromatic heterocycles. The topological polar surface area (TPSA) is 63.0 Å². The van der Waals surface area contributed by atoms with Crippen LogP contribution in [-0.2, 0) is 9.53 Å². The van der Waals surface area contributed by atoms with Crippen LogP contribution < -0.4 is 0 Å². The maximum Gasteiger partial charge on any atom is 0.321 e. The minimum Gasteiger partial charge on any atom is -0.465 e. The summed E-state index contributed by atoms with van der Waals surface area (Å²) in [6, 6.07) is 13.7. The number of fused-ring (bicyclic) bond motifs is 1. The van der Waals surface area contributed by atoms with Gasteiger partial charge in [-0.1, -0.05) is 18.2 Å². The normalized spacial score (nSPS) is 11.3. The molecule has 0 aliphatic heterocycles. The number of rotatable bonds is 5. The minimum absolute atomic E-state index is 0.236. The molecule has 132 valence electrons. The van der Waals surface area contributed by atoms with Crippen molar-refractivity contribution in [3.8, 4) is 17.2 Å². The third kappa shape index (κ3) is 3.59. The van der Waals surface area contributed by atoms with Gasteiger partial charge in [0.05, 0.1) is 22.9 Å². The summed E-state index contributed by atoms with van der Waals surface area (Å²) in [6.45, 7) is 5.91. The predicted octanol–water partition coefficient (Wildman–Crippen LogP) is 5.27. The van der Waals surface area contributed by atoms with E-state index in [1.54, 1.807) is 12.1 Å². The lowest BCUT2D eigenvalue weighted by atomic mass is 10.0. The highest BCUT2D eigenvalue weighted by Gasteiger charge is 2.32. The number of esters is 1. The Morgan fingerprint density at radius 3 is 2.65 bits per heavy atom. The summed E-state index contributed by atoms with van der Waals surface area (Å²) >= 11 is 2.92. The van der Waals surface area contributed by atoms with Gasteiger partial charge in [-0.25, -0.2) is 0 Å². The number of hydrogen-bond acceptors (Lipinski definition) is 6. The smallest absolute Gasteiger partial charge is 0.321 e. The van der Waals surface area contributed by atoms with Crippen LogP contribution in [0.4, 0.5) is 0 Å². The molecule has 4 nitrogen and oxygen atoms in total. The van der Waals surface area contributed by atoms with E-state index in [-0.39, 0.29) is 5.97 Å². The number of benzene rings is 2. The first-order valence-corrected chi connectivity index (χ1v) is 9.79. The molecule has 2 aromatic carbocycles. The van der Waals surface area contributed by atoms with Crippen LogP contribution in [0.15, 0.2) is 47.5 Å². The van der Waals surface area contributed by atoms with Crippen molar-refractivity contribution in [2.45, 2.75) is 30.4 Å². The second kappa shape index (κ2) is 7.48. The van der Waals surface area contributed by atoms with Crippen LogP contribution >= 0.6 is 23.3 Å². The van der Waals surface area contributed by atoms with Crippen molar-refractivity contribution in [2.75, 3.05) is 6.61 Å². The molecule has 3 rings (SSSR count). The van der Waals surface area contributed by atoms with Crippen molar-refractivity contribution in [1.29, 1.82) is 5.26 Å². The van der Waals surface area contributed by atoms with E-state index in [1.807, 2.05) is 51.2 Å². The molecule has 1 heterocycles. The Morgan fingerprint density at radius 2 is 2.00 bits per heavy atom. The van der Waals surface area contributed by atoms with E-state index in [0.29, 0.717) is 12.2 Å². The molecule has 0 amide bonds. The van der Waals surface area contributed by atoms with Gasteiger partial charge in [-0.3, -0.25) is 4.79 Å². The van der Waals surface area contributed by atoms with E-state index < -0.39 is 4.75 Å². The highest BCUT2D eigenvalue weighted by Crippen LogP contribution is 2.44. The van der Waals surface area contributed by atoms with E-state index in [0.717, 1.165) is 26.1 Å². The maximum absolute atomic E-state index is 12.3. The van der Waals surface area contributed by atoms with E-state index >= 15 is 0 Å². The molecule has 0 aliphatic carbocycles. The first-order valence-electron chi connectivity index (χ1n) is 8.20. The summed E-state index contributed by atoms with van der Waals surface area (Å²) < 4.78 is 9.89. The average molecular weight is 383 g/mol. The van der Waals surface area contributed by atoms with Gasteiger partial charge in [-0.2, -0.15) is 9.64 Å². The number of nitrogens with zero attached hydrogens (tertiary/aromatic N) is 2. The third-order valence-corrected chi connectivity index (χ3v) is 5.99. The van der Waals surface area contributed by atoms with E-state index in [2.05, 4.69) is 10.4 Å². The quantitative estimate of drug-likeness (QED) is 0.444. The molecular weight excluding hydrogens is 364 g/mol. The SMILES string of the molecule is CCOC(=O)C(C)(C)Sc1ccc2cnsc2c1-c1ccc(C#N)cc1. The number of aromatic nitrogens is 1. The molecule has 0 atom stereocenters. The van der Waals surface area contributed by atoms with Crippen LogP contribution in [0.1, 0.15) is 26.3 Å². The lowest BCUT2D eigenvalue weighted by molar-refractivity contribution is -0.145. The van der Waals surface area contributed by atoms with Crippen molar-refractivity contribution in [2.24, 2.45) is 0 Å². The summed E-state index contributed by atoms with van der Waals surface area (Å²) in [6.07, 6.45) is 1.85. The zero-order valence-corrected chi connectivity index (χ0v) is 16.4. The van der Waals surface area contributed by atoms with Gasteiger partial charge in [0.1, 0.15) is 4.75 Å². The van der Waals surface area contributed by atoms with Crippen molar-refractivity contribution in [3.63, 3.8) is 0 Å². The number of carbonyl (C=O) groups excluding carboxylic acids is 1. The molecular formula is C20H18N2O2S2. The monoisotopic (exact) mass is 382 g/mol. The zero-order chi connectivity index (χ0) is 18.7. The molecule has 0 unspecified atom stereocenters. The maximum atomic E-state index is 12.3. The lowest BCUT2D eigenvalue weighted by Gasteiger charge is -2.23. The number of ether oxygens (including phenoxy) is 1. The molecule has 3 aromatic rings. The Morgan fingerprint density at radius 1 is 1.27 bits per heavy atom. The molecule has 0 fully saturated rings. The van der Waals surface area contributed by atoms with Crippen LogP contribution in [0.25, 0.3) is 21.2 Å². The fraction of sp³-hybridized carbons (Fsp3) is 0.250. The summed E-state index contributed by atoms with van der Waals surface area (Å²) in [7, 11) is 0. The lowest BCUT2D eigenvalue weighted by Crippen LogP contribution is -2.30. The van der Waals surface area contributed by atoms with Gasteiger partial charge in [0.2, 0.25) is 0 Å². The van der Waals surface area contributed by atoms with Crippen molar-refractivity contribution in [1.82, 2.24) is 4.37 Å². The molecule has 0 radical (unpaired) electrons. The van der Waals surface area contributed by atoms with E-state index in [4.69, 9.17) is 10.00 Å². The summed E-state index contributed by atoms with van der Waals surface area (Å²) in [5.74, 6) is -0.236. The molecule has 0 aliphatic rings. The number of thioether (sulfide) groups is 1. The highest BCUT2D eigenvalue weighted by atomic mass is 32.2. The Balaban J connectivity index is 2.11. The Kier molecular flexibility index (Phi) is 5.30. The molecule has 26 heavy (non-hydrogen) atoms. The van der Waals surface area contributed by atoms with E-state index in [1.165, 1.54) is 23.3 Å². The first-order chi connectivity index (χ1) is 12.5. The summed E-state index contributed by atoms with van der Waals surface area (Å²) in [4.78, 5) is 13.3. The first kappa shape index (κ1) is 18.4. The number of carbonyl (C=O) groups is 1. The van der Waals surface area contributed by atoms with Crippen molar-refractivity contribution >= 4 is 39.3 Å². The highest BCUT2D eigenvalue weighted by molar-refractivity contribution is 8.01. The van der Waals surface area contributed by atoms with Gasteiger partial charge >= 0.3 is 5.97 Å². The van der Waals surface area contributed by atoms with Gasteiger partial charge < -0.3 is 4.74 Å². The van der Waals surface area contributed by atoms with Crippen LogP contribution in [0.3, 0.4) is 0 Å². The second-order valence-electron chi connectivity index (χ2n) is 6.20.